The van der Waals surface area contributed by atoms with Gasteiger partial charge in [-0.2, -0.15) is 0 Å². The van der Waals surface area contributed by atoms with Crippen LogP contribution in [0.4, 0.5) is 18.9 Å². The van der Waals surface area contributed by atoms with Crippen LogP contribution in [0, 0.1) is 22.9 Å². The van der Waals surface area contributed by atoms with Crippen LogP contribution in [-0.4, -0.2) is 45.2 Å². The molecule has 0 bridgehead atoms. The molecule has 0 spiro atoms. The minimum atomic E-state index is -1.67. The summed E-state index contributed by atoms with van der Waals surface area (Å²) in [7, 11) is 1.50. The zero-order valence-corrected chi connectivity index (χ0v) is 15.0. The molecule has 1 fully saturated rings. The maximum absolute atomic E-state index is 13.5. The molecule has 1 aliphatic heterocycles. The van der Waals surface area contributed by atoms with E-state index >= 15 is 0 Å². The van der Waals surface area contributed by atoms with Gasteiger partial charge in [0.15, 0.2) is 17.5 Å². The SMILES string of the molecule is COCC1(C(=O)NCC(=O)Nc2ccc(F)c(F)c2F)CCNCC1.Cl. The van der Waals surface area contributed by atoms with Gasteiger partial charge in [-0.1, -0.05) is 0 Å². The molecule has 10 heteroatoms. The van der Waals surface area contributed by atoms with Gasteiger partial charge in [0.1, 0.15) is 0 Å². The van der Waals surface area contributed by atoms with Crippen LogP contribution in [-0.2, 0) is 14.3 Å². The van der Waals surface area contributed by atoms with Crippen molar-refractivity contribution >= 4 is 29.9 Å². The highest BCUT2D eigenvalue weighted by Gasteiger charge is 2.39. The third-order valence-electron chi connectivity index (χ3n) is 4.18. The van der Waals surface area contributed by atoms with E-state index in [0.29, 0.717) is 32.0 Å². The molecule has 0 atom stereocenters. The van der Waals surface area contributed by atoms with Crippen molar-refractivity contribution in [1.82, 2.24) is 10.6 Å². The van der Waals surface area contributed by atoms with Crippen molar-refractivity contribution in [3.63, 3.8) is 0 Å². The molecule has 1 aromatic carbocycles. The summed E-state index contributed by atoms with van der Waals surface area (Å²) in [4.78, 5) is 24.3. The Hall–Kier alpha value is -1.84. The Bertz CT molecular complexity index is 650. The van der Waals surface area contributed by atoms with E-state index in [1.165, 1.54) is 7.11 Å². The van der Waals surface area contributed by atoms with Crippen LogP contribution in [0.2, 0.25) is 0 Å². The number of carbonyl (C=O) groups is 2. The predicted octanol–water partition coefficient (Wildman–Crippen LogP) is 1.60. The first-order valence-corrected chi connectivity index (χ1v) is 7.81. The normalized spacial score (nSPS) is 15.7. The second-order valence-electron chi connectivity index (χ2n) is 5.92. The molecule has 1 saturated heterocycles. The molecular formula is C16H21ClF3N3O3. The first kappa shape index (κ1) is 22.2. The van der Waals surface area contributed by atoms with E-state index in [9.17, 15) is 22.8 Å². The summed E-state index contributed by atoms with van der Waals surface area (Å²) in [6, 6.07) is 1.61. The molecule has 0 unspecified atom stereocenters. The molecule has 0 saturated carbocycles. The number of carbonyl (C=O) groups excluding carboxylic acids is 2. The molecule has 146 valence electrons. The first-order chi connectivity index (χ1) is 11.9. The van der Waals surface area contributed by atoms with Gasteiger partial charge in [0.25, 0.3) is 0 Å². The van der Waals surface area contributed by atoms with E-state index in [1.807, 2.05) is 0 Å². The lowest BCUT2D eigenvalue weighted by molar-refractivity contribution is -0.137. The average Bonchev–Trinajstić information content (AvgIpc) is 2.61. The van der Waals surface area contributed by atoms with E-state index in [-0.39, 0.29) is 24.9 Å². The summed E-state index contributed by atoms with van der Waals surface area (Å²) < 4.78 is 44.7. The summed E-state index contributed by atoms with van der Waals surface area (Å²) in [6.07, 6.45) is 1.12. The highest BCUT2D eigenvalue weighted by Crippen LogP contribution is 2.29. The smallest absolute Gasteiger partial charge is 0.243 e. The minimum Gasteiger partial charge on any atom is -0.384 e. The standard InChI is InChI=1S/C16H20F3N3O3.ClH/c1-25-9-16(4-6-20-7-5-16)15(24)21-8-12(23)22-11-3-2-10(17)13(18)14(11)19;/h2-3,20H,4-9H2,1H3,(H,21,24)(H,22,23);1H. The lowest BCUT2D eigenvalue weighted by Gasteiger charge is -2.35. The number of hydrogen-bond donors (Lipinski definition) is 3. The van der Waals surface area contributed by atoms with Gasteiger partial charge in [-0.3, -0.25) is 9.59 Å². The Morgan fingerprint density at radius 1 is 1.19 bits per heavy atom. The number of benzene rings is 1. The first-order valence-electron chi connectivity index (χ1n) is 7.81. The largest absolute Gasteiger partial charge is 0.384 e. The molecule has 1 aliphatic rings. The van der Waals surface area contributed by atoms with Gasteiger partial charge in [0.05, 0.1) is 24.3 Å². The van der Waals surface area contributed by atoms with E-state index in [4.69, 9.17) is 4.74 Å². The van der Waals surface area contributed by atoms with Crippen LogP contribution in [0.15, 0.2) is 12.1 Å². The Kier molecular flexibility index (Phi) is 8.32. The van der Waals surface area contributed by atoms with Crippen LogP contribution >= 0.6 is 12.4 Å². The van der Waals surface area contributed by atoms with Gasteiger partial charge in [0.2, 0.25) is 11.8 Å². The van der Waals surface area contributed by atoms with Crippen molar-refractivity contribution < 1.29 is 27.5 Å². The van der Waals surface area contributed by atoms with Crippen LogP contribution in [0.3, 0.4) is 0 Å². The number of hydrogen-bond acceptors (Lipinski definition) is 4. The van der Waals surface area contributed by atoms with Gasteiger partial charge in [-0.15, -0.1) is 12.4 Å². The number of rotatable bonds is 6. The van der Waals surface area contributed by atoms with Crippen LogP contribution in [0.25, 0.3) is 0 Å². The molecule has 1 heterocycles. The number of piperidine rings is 1. The second kappa shape index (κ2) is 9.75. The maximum Gasteiger partial charge on any atom is 0.243 e. The third-order valence-corrected chi connectivity index (χ3v) is 4.18. The van der Waals surface area contributed by atoms with Crippen molar-refractivity contribution in [2.75, 3.05) is 38.7 Å². The lowest BCUT2D eigenvalue weighted by atomic mass is 9.78. The number of methoxy groups -OCH3 is 1. The summed E-state index contributed by atoms with van der Waals surface area (Å²) >= 11 is 0. The molecule has 0 aliphatic carbocycles. The zero-order chi connectivity index (χ0) is 18.4. The quantitative estimate of drug-likeness (QED) is 0.639. The Morgan fingerprint density at radius 3 is 2.46 bits per heavy atom. The van der Waals surface area contributed by atoms with Crippen molar-refractivity contribution in [1.29, 1.82) is 0 Å². The van der Waals surface area contributed by atoms with Gasteiger partial charge in [0, 0.05) is 7.11 Å². The minimum absolute atomic E-state index is 0. The van der Waals surface area contributed by atoms with E-state index < -0.39 is 41.0 Å². The van der Waals surface area contributed by atoms with Crippen LogP contribution < -0.4 is 16.0 Å². The number of anilines is 1. The topological polar surface area (TPSA) is 79.5 Å². The fourth-order valence-electron chi connectivity index (χ4n) is 2.78. The summed E-state index contributed by atoms with van der Waals surface area (Å²) in [5, 5.41) is 7.74. The van der Waals surface area contributed by atoms with Crippen LogP contribution in [0.5, 0.6) is 0 Å². The van der Waals surface area contributed by atoms with Crippen molar-refractivity contribution in [3.8, 4) is 0 Å². The molecule has 6 nitrogen and oxygen atoms in total. The summed E-state index contributed by atoms with van der Waals surface area (Å²) in [5.41, 5.74) is -1.22. The van der Waals surface area contributed by atoms with E-state index in [1.54, 1.807) is 0 Å². The number of halogens is 4. The Labute approximate surface area is 155 Å². The average molecular weight is 396 g/mol. The second-order valence-corrected chi connectivity index (χ2v) is 5.92. The highest BCUT2D eigenvalue weighted by molar-refractivity contribution is 5.95. The molecule has 26 heavy (non-hydrogen) atoms. The third kappa shape index (κ3) is 5.09. The summed E-state index contributed by atoms with van der Waals surface area (Å²) in [6.45, 7) is 1.11. The monoisotopic (exact) mass is 395 g/mol. The number of nitrogens with one attached hydrogen (secondary N) is 3. The lowest BCUT2D eigenvalue weighted by Crippen LogP contribution is -2.51. The van der Waals surface area contributed by atoms with E-state index in [2.05, 4.69) is 16.0 Å². The fourth-order valence-corrected chi connectivity index (χ4v) is 2.78. The van der Waals surface area contributed by atoms with Gasteiger partial charge in [-0.05, 0) is 38.1 Å². The Morgan fingerprint density at radius 2 is 1.85 bits per heavy atom. The van der Waals surface area contributed by atoms with Gasteiger partial charge >= 0.3 is 0 Å². The molecule has 0 radical (unpaired) electrons. The summed E-state index contributed by atoms with van der Waals surface area (Å²) in [5.74, 6) is -5.60. The molecule has 0 aromatic heterocycles. The van der Waals surface area contributed by atoms with Crippen molar-refractivity contribution in [2.45, 2.75) is 12.8 Å². The number of ether oxygens (including phenoxy) is 1. The molecular weight excluding hydrogens is 375 g/mol. The highest BCUT2D eigenvalue weighted by atomic mass is 35.5. The predicted molar refractivity (Wildman–Crippen MR) is 91.6 cm³/mol. The molecule has 2 amide bonds. The van der Waals surface area contributed by atoms with E-state index in [0.717, 1.165) is 6.07 Å². The zero-order valence-electron chi connectivity index (χ0n) is 14.2. The van der Waals surface area contributed by atoms with Gasteiger partial charge in [-0.25, -0.2) is 13.2 Å². The number of amides is 2. The fraction of sp³-hybridized carbons (Fsp3) is 0.500. The van der Waals surface area contributed by atoms with Crippen molar-refractivity contribution in [2.24, 2.45) is 5.41 Å². The Balaban J connectivity index is 0.00000338. The molecule has 2 rings (SSSR count). The van der Waals surface area contributed by atoms with Crippen LogP contribution in [0.1, 0.15) is 12.8 Å². The molecule has 1 aromatic rings. The van der Waals surface area contributed by atoms with Gasteiger partial charge < -0.3 is 20.7 Å². The van der Waals surface area contributed by atoms with Crippen molar-refractivity contribution in [3.05, 3.63) is 29.6 Å². The molecule has 3 N–H and O–H groups in total. The maximum atomic E-state index is 13.5.